The van der Waals surface area contributed by atoms with E-state index in [0.29, 0.717) is 25.1 Å². The molecule has 2 fully saturated rings. The maximum atomic E-state index is 14.3. The number of carbonyl (C=O) groups excluding carboxylic acids is 1. The summed E-state index contributed by atoms with van der Waals surface area (Å²) in [5.41, 5.74) is 1.90. The summed E-state index contributed by atoms with van der Waals surface area (Å²) in [4.78, 5) is 18.6. The number of amides is 1. The maximum Gasteiger partial charge on any atom is 0.415 e. The number of hydrogen-bond donors (Lipinski definition) is 0. The Balaban J connectivity index is 1.41. The fourth-order valence-corrected chi connectivity index (χ4v) is 5.29. The Morgan fingerprint density at radius 1 is 1.26 bits per heavy atom. The minimum absolute atomic E-state index is 0.125. The number of halogens is 1. The highest BCUT2D eigenvalue weighted by atomic mass is 19.1. The normalized spacial score (nSPS) is 25.7. The van der Waals surface area contributed by atoms with E-state index in [4.69, 9.17) is 4.74 Å². The van der Waals surface area contributed by atoms with Gasteiger partial charge in [0.25, 0.3) is 0 Å². The number of ether oxygens (including phenoxy) is 1. The van der Waals surface area contributed by atoms with Gasteiger partial charge in [-0.05, 0) is 61.4 Å². The number of fused-ring (bicyclic) bond motifs is 1. The molecule has 1 aliphatic heterocycles. The Morgan fingerprint density at radius 2 is 2.10 bits per heavy atom. The van der Waals surface area contributed by atoms with E-state index in [0.717, 1.165) is 30.3 Å². The van der Waals surface area contributed by atoms with Gasteiger partial charge in [0.1, 0.15) is 11.4 Å². The Kier molecular flexibility index (Phi) is 4.47. The number of rotatable bonds is 3. The number of carbonyl (C=O) groups is 1. The molecule has 7 heteroatoms. The van der Waals surface area contributed by atoms with Crippen molar-refractivity contribution in [2.45, 2.75) is 44.8 Å². The van der Waals surface area contributed by atoms with Gasteiger partial charge in [0.15, 0.2) is 0 Å². The van der Waals surface area contributed by atoms with Gasteiger partial charge in [-0.2, -0.15) is 5.26 Å². The molecule has 0 N–H and O–H groups in total. The molecule has 5 rings (SSSR count). The van der Waals surface area contributed by atoms with Crippen LogP contribution in [-0.4, -0.2) is 27.8 Å². The van der Waals surface area contributed by atoms with Crippen LogP contribution in [-0.2, 0) is 11.3 Å². The van der Waals surface area contributed by atoms with Crippen LogP contribution >= 0.6 is 0 Å². The first-order valence-electron chi connectivity index (χ1n) is 10.5. The third kappa shape index (κ3) is 3.42. The van der Waals surface area contributed by atoms with Gasteiger partial charge in [-0.3, -0.25) is 4.90 Å². The lowest BCUT2D eigenvalue weighted by molar-refractivity contribution is -0.0264. The average Bonchev–Trinajstić information content (AvgIpc) is 3.27. The molecule has 2 aliphatic rings. The van der Waals surface area contributed by atoms with Gasteiger partial charge in [-0.15, -0.1) is 0 Å². The zero-order valence-electron chi connectivity index (χ0n) is 17.3. The van der Waals surface area contributed by atoms with Crippen molar-refractivity contribution >= 4 is 22.8 Å². The summed E-state index contributed by atoms with van der Waals surface area (Å²) in [6.45, 7) is 3.26. The summed E-state index contributed by atoms with van der Waals surface area (Å²) < 4.78 is 22.3. The molecule has 6 nitrogen and oxygen atoms in total. The molecular formula is C24H23FN4O2. The van der Waals surface area contributed by atoms with Crippen LogP contribution in [0.1, 0.15) is 38.2 Å². The Bertz CT molecular complexity index is 1220. The Labute approximate surface area is 179 Å². The molecule has 1 saturated carbocycles. The van der Waals surface area contributed by atoms with Crippen molar-refractivity contribution < 1.29 is 13.9 Å². The molecule has 1 aromatic heterocycles. The first kappa shape index (κ1) is 19.6. The fourth-order valence-electron chi connectivity index (χ4n) is 5.29. The molecule has 2 atom stereocenters. The molecule has 2 aromatic carbocycles. The van der Waals surface area contributed by atoms with Crippen LogP contribution in [0.5, 0.6) is 0 Å². The van der Waals surface area contributed by atoms with Crippen LogP contribution in [0.3, 0.4) is 0 Å². The van der Waals surface area contributed by atoms with E-state index < -0.39 is 17.5 Å². The summed E-state index contributed by atoms with van der Waals surface area (Å²) in [5, 5.41) is 9.24. The van der Waals surface area contributed by atoms with E-state index in [2.05, 4.69) is 22.5 Å². The van der Waals surface area contributed by atoms with Crippen LogP contribution in [0.25, 0.3) is 11.0 Å². The first-order chi connectivity index (χ1) is 14.9. The maximum absolute atomic E-state index is 14.3. The molecule has 0 radical (unpaired) electrons. The first-order valence-corrected chi connectivity index (χ1v) is 10.5. The minimum atomic E-state index is -0.624. The van der Waals surface area contributed by atoms with Crippen molar-refractivity contribution in [2.24, 2.45) is 5.41 Å². The molecule has 31 heavy (non-hydrogen) atoms. The predicted molar refractivity (Wildman–Crippen MR) is 114 cm³/mol. The van der Waals surface area contributed by atoms with E-state index in [9.17, 15) is 14.4 Å². The van der Waals surface area contributed by atoms with Gasteiger partial charge in [-0.1, -0.05) is 19.1 Å². The van der Waals surface area contributed by atoms with E-state index in [1.165, 1.54) is 11.0 Å². The number of nitrogens with zero attached hydrogens (tertiary/aromatic N) is 4. The highest BCUT2D eigenvalue weighted by molar-refractivity contribution is 5.90. The molecule has 0 bridgehead atoms. The lowest BCUT2D eigenvalue weighted by atomic mass is 9.68. The third-order valence-electron chi connectivity index (χ3n) is 6.58. The molecular weight excluding hydrogens is 395 g/mol. The number of imidazole rings is 1. The second-order valence-corrected chi connectivity index (χ2v) is 9.12. The Hall–Kier alpha value is -3.40. The van der Waals surface area contributed by atoms with E-state index in [1.54, 1.807) is 24.3 Å². The van der Waals surface area contributed by atoms with Crippen molar-refractivity contribution in [1.29, 1.82) is 5.26 Å². The van der Waals surface area contributed by atoms with Gasteiger partial charge in [-0.25, -0.2) is 14.2 Å². The number of nitriles is 1. The van der Waals surface area contributed by atoms with Gasteiger partial charge >= 0.3 is 6.09 Å². The number of aromatic nitrogens is 2. The monoisotopic (exact) mass is 418 g/mol. The summed E-state index contributed by atoms with van der Waals surface area (Å²) in [5.74, 6) is -0.423. The van der Waals surface area contributed by atoms with Crippen LogP contribution in [0, 0.1) is 22.6 Å². The summed E-state index contributed by atoms with van der Waals surface area (Å²) in [6, 6.07) is 14.0. The zero-order valence-corrected chi connectivity index (χ0v) is 17.3. The highest BCUT2D eigenvalue weighted by Crippen LogP contribution is 2.48. The quantitative estimate of drug-likeness (QED) is 0.599. The molecule has 1 amide bonds. The van der Waals surface area contributed by atoms with Crippen molar-refractivity contribution in [1.82, 2.24) is 9.55 Å². The summed E-state index contributed by atoms with van der Waals surface area (Å²) in [7, 11) is 0. The number of hydrogen-bond acceptors (Lipinski definition) is 4. The predicted octanol–water partition coefficient (Wildman–Crippen LogP) is 5.02. The van der Waals surface area contributed by atoms with Gasteiger partial charge in [0.05, 0.1) is 41.2 Å². The molecule has 2 heterocycles. The van der Waals surface area contributed by atoms with Crippen molar-refractivity contribution in [2.75, 3.05) is 11.4 Å². The molecule has 1 spiro atoms. The van der Waals surface area contributed by atoms with E-state index in [1.807, 2.05) is 18.5 Å². The van der Waals surface area contributed by atoms with Gasteiger partial charge in [0.2, 0.25) is 0 Å². The van der Waals surface area contributed by atoms with Crippen molar-refractivity contribution in [3.8, 4) is 6.07 Å². The molecule has 1 aliphatic carbocycles. The van der Waals surface area contributed by atoms with E-state index in [-0.39, 0.29) is 11.1 Å². The summed E-state index contributed by atoms with van der Waals surface area (Å²) in [6.07, 6.45) is 4.69. The van der Waals surface area contributed by atoms with Crippen LogP contribution in [0.15, 0.2) is 48.8 Å². The highest BCUT2D eigenvalue weighted by Gasteiger charge is 2.52. The standard InChI is InChI=1S/C24H23FN4O2/c1-23(14-28-16-27-19-8-7-17(12-26)11-21(19)28)9-4-10-24(13-23)15-29(22(30)31-24)20-6-3-2-5-18(20)25/h2-3,5-8,11,16H,4,9-10,13-15H2,1H3/t23-,24-/m0/s1. The van der Waals surface area contributed by atoms with Crippen molar-refractivity contribution in [3.05, 3.63) is 60.2 Å². The summed E-state index contributed by atoms with van der Waals surface area (Å²) >= 11 is 0. The average molecular weight is 418 g/mol. The van der Waals surface area contributed by atoms with Gasteiger partial charge < -0.3 is 9.30 Å². The largest absolute Gasteiger partial charge is 0.441 e. The molecule has 3 aromatic rings. The zero-order chi connectivity index (χ0) is 21.6. The fraction of sp³-hybridized carbons (Fsp3) is 0.375. The van der Waals surface area contributed by atoms with Gasteiger partial charge in [0, 0.05) is 6.54 Å². The number of para-hydroxylation sites is 1. The smallest absolute Gasteiger partial charge is 0.415 e. The van der Waals surface area contributed by atoms with Crippen LogP contribution in [0.4, 0.5) is 14.9 Å². The van der Waals surface area contributed by atoms with Crippen LogP contribution < -0.4 is 4.90 Å². The number of anilines is 1. The molecule has 1 saturated heterocycles. The topological polar surface area (TPSA) is 71.2 Å². The number of benzene rings is 2. The Morgan fingerprint density at radius 3 is 2.90 bits per heavy atom. The van der Waals surface area contributed by atoms with Crippen LogP contribution in [0.2, 0.25) is 0 Å². The molecule has 0 unspecified atom stereocenters. The lowest BCUT2D eigenvalue weighted by Gasteiger charge is -2.43. The minimum Gasteiger partial charge on any atom is -0.441 e. The SMILES string of the molecule is C[C@]1(Cn2cnc3ccc(C#N)cc32)CCC[C@@]2(CN(c3ccccc3F)C(=O)O2)C1. The van der Waals surface area contributed by atoms with E-state index >= 15 is 0 Å². The second kappa shape index (κ2) is 7.09. The second-order valence-electron chi connectivity index (χ2n) is 9.12. The van der Waals surface area contributed by atoms with Crippen molar-refractivity contribution in [3.63, 3.8) is 0 Å². The lowest BCUT2D eigenvalue weighted by Crippen LogP contribution is -2.45. The third-order valence-corrected chi connectivity index (χ3v) is 6.58. The molecule has 158 valence electrons.